The number of rotatable bonds is 3. The molecule has 4 rings (SSSR count). The Balaban J connectivity index is 1.37. The van der Waals surface area contributed by atoms with Gasteiger partial charge in [0.1, 0.15) is 0 Å². The van der Waals surface area contributed by atoms with Crippen molar-refractivity contribution in [1.29, 1.82) is 0 Å². The number of halogens is 3. The first kappa shape index (κ1) is 20.2. The minimum absolute atomic E-state index is 0.161. The molecule has 1 aliphatic carbocycles. The van der Waals surface area contributed by atoms with Crippen LogP contribution in [0.2, 0.25) is 0 Å². The fourth-order valence-corrected chi connectivity index (χ4v) is 6.41. The molecule has 2 aliphatic heterocycles. The lowest BCUT2D eigenvalue weighted by atomic mass is 9.78. The van der Waals surface area contributed by atoms with Gasteiger partial charge in [0, 0.05) is 22.8 Å². The molecule has 0 bridgehead atoms. The highest BCUT2D eigenvalue weighted by molar-refractivity contribution is 7.10. The van der Waals surface area contributed by atoms with Crippen LogP contribution in [0.25, 0.3) is 0 Å². The predicted molar refractivity (Wildman–Crippen MR) is 105 cm³/mol. The van der Waals surface area contributed by atoms with Crippen LogP contribution in [0.3, 0.4) is 0 Å². The lowest BCUT2D eigenvalue weighted by Gasteiger charge is -2.44. The van der Waals surface area contributed by atoms with Crippen molar-refractivity contribution in [3.05, 3.63) is 21.9 Å². The Kier molecular flexibility index (Phi) is 6.02. The largest absolute Gasteiger partial charge is 0.401 e. The zero-order valence-electron chi connectivity index (χ0n) is 16.2. The molecule has 1 saturated carbocycles. The van der Waals surface area contributed by atoms with Crippen LogP contribution < -0.4 is 0 Å². The van der Waals surface area contributed by atoms with Gasteiger partial charge in [-0.25, -0.2) is 0 Å². The molecule has 7 heteroatoms. The van der Waals surface area contributed by atoms with Gasteiger partial charge in [-0.15, -0.1) is 11.3 Å². The van der Waals surface area contributed by atoms with E-state index >= 15 is 0 Å². The van der Waals surface area contributed by atoms with Crippen LogP contribution in [-0.2, 0) is 0 Å². The average Bonchev–Trinajstić information content (AvgIpc) is 3.16. The van der Waals surface area contributed by atoms with Gasteiger partial charge in [0.05, 0.1) is 12.1 Å². The zero-order chi connectivity index (χ0) is 19.7. The highest BCUT2D eigenvalue weighted by Gasteiger charge is 2.37. The van der Waals surface area contributed by atoms with Crippen molar-refractivity contribution in [2.45, 2.75) is 69.5 Å². The van der Waals surface area contributed by atoms with Crippen LogP contribution in [0.15, 0.2) is 11.4 Å². The van der Waals surface area contributed by atoms with Crippen LogP contribution in [0.1, 0.15) is 72.5 Å². The molecule has 3 nitrogen and oxygen atoms in total. The lowest BCUT2D eigenvalue weighted by molar-refractivity contribution is -0.147. The van der Waals surface area contributed by atoms with Gasteiger partial charge in [0.25, 0.3) is 5.91 Å². The van der Waals surface area contributed by atoms with Crippen molar-refractivity contribution in [2.24, 2.45) is 5.92 Å². The van der Waals surface area contributed by atoms with E-state index in [2.05, 4.69) is 4.90 Å². The number of piperidine rings is 2. The van der Waals surface area contributed by atoms with Crippen molar-refractivity contribution in [3.63, 3.8) is 0 Å². The monoisotopic (exact) mass is 414 g/mol. The average molecular weight is 415 g/mol. The molecule has 0 unspecified atom stereocenters. The number of hydrogen-bond acceptors (Lipinski definition) is 3. The van der Waals surface area contributed by atoms with Gasteiger partial charge in [0.2, 0.25) is 0 Å². The summed E-state index contributed by atoms with van der Waals surface area (Å²) in [6.45, 7) is 0.995. The fraction of sp³-hybridized carbons (Fsp3) is 0.762. The molecular formula is C21H29F3N2OS. The maximum absolute atomic E-state index is 13.2. The third-order valence-corrected chi connectivity index (χ3v) is 7.86. The van der Waals surface area contributed by atoms with Gasteiger partial charge in [-0.2, -0.15) is 13.2 Å². The number of thiophene rings is 1. The van der Waals surface area contributed by atoms with Crippen LogP contribution in [0.4, 0.5) is 13.2 Å². The van der Waals surface area contributed by atoms with E-state index < -0.39 is 12.7 Å². The number of hydrogen-bond donors (Lipinski definition) is 0. The Hall–Kier alpha value is -1.08. The summed E-state index contributed by atoms with van der Waals surface area (Å²) in [7, 11) is 0. The van der Waals surface area contributed by atoms with E-state index in [-0.39, 0.29) is 11.8 Å². The minimum atomic E-state index is -4.12. The molecule has 0 N–H and O–H groups in total. The summed E-state index contributed by atoms with van der Waals surface area (Å²) in [5.74, 6) is 1.11. The van der Waals surface area contributed by atoms with Crippen molar-refractivity contribution in [2.75, 3.05) is 26.2 Å². The Labute approximate surface area is 168 Å². The molecule has 0 spiro atoms. The first-order chi connectivity index (χ1) is 13.4. The number of carbonyl (C=O) groups is 1. The summed E-state index contributed by atoms with van der Waals surface area (Å²) in [6, 6.07) is 2.42. The van der Waals surface area contributed by atoms with E-state index in [0.717, 1.165) is 42.7 Å². The van der Waals surface area contributed by atoms with Gasteiger partial charge in [-0.3, -0.25) is 9.69 Å². The summed E-state index contributed by atoms with van der Waals surface area (Å²) in [5, 5.41) is 1.96. The van der Waals surface area contributed by atoms with Crippen molar-refractivity contribution >= 4 is 17.2 Å². The second-order valence-electron chi connectivity index (χ2n) is 8.66. The number of alkyl halides is 3. The molecule has 0 aromatic carbocycles. The minimum Gasteiger partial charge on any atom is -0.335 e. The standard InChI is InChI=1S/C21H29F3N2OS/c22-21(23,24)14-25-10-7-16(8-11-25)19-12-17(13-28-19)20(27)26-9-3-5-15-4-1-2-6-18(15)26/h12-13,15-16,18H,1-11,14H2/t15-,18-/m1/s1. The first-order valence-electron chi connectivity index (χ1n) is 10.6. The van der Waals surface area contributed by atoms with E-state index in [1.165, 1.54) is 30.6 Å². The molecule has 3 heterocycles. The fourth-order valence-electron chi connectivity index (χ4n) is 5.35. The van der Waals surface area contributed by atoms with Crippen LogP contribution in [-0.4, -0.2) is 54.1 Å². The zero-order valence-corrected chi connectivity index (χ0v) is 17.0. The molecule has 2 saturated heterocycles. The molecule has 1 aromatic heterocycles. The number of nitrogens with zero attached hydrogens (tertiary/aromatic N) is 2. The highest BCUT2D eigenvalue weighted by atomic mass is 32.1. The molecule has 3 fully saturated rings. The first-order valence-corrected chi connectivity index (χ1v) is 11.5. The Morgan fingerprint density at radius 2 is 1.75 bits per heavy atom. The third-order valence-electron chi connectivity index (χ3n) is 6.76. The number of fused-ring (bicyclic) bond motifs is 1. The molecule has 156 valence electrons. The lowest BCUT2D eigenvalue weighted by Crippen LogP contribution is -2.49. The van der Waals surface area contributed by atoms with Gasteiger partial charge in [-0.05, 0) is 69.5 Å². The van der Waals surface area contributed by atoms with Gasteiger partial charge in [0.15, 0.2) is 0 Å². The molecule has 28 heavy (non-hydrogen) atoms. The van der Waals surface area contributed by atoms with Gasteiger partial charge in [-0.1, -0.05) is 12.8 Å². The highest BCUT2D eigenvalue weighted by Crippen LogP contribution is 2.37. The summed E-state index contributed by atoms with van der Waals surface area (Å²) in [6.07, 6.45) is 4.58. The number of likely N-dealkylation sites (tertiary alicyclic amines) is 2. The molecule has 2 atom stereocenters. The van der Waals surface area contributed by atoms with E-state index in [9.17, 15) is 18.0 Å². The second-order valence-corrected chi connectivity index (χ2v) is 9.60. The summed E-state index contributed by atoms with van der Waals surface area (Å²) >= 11 is 1.60. The van der Waals surface area contributed by atoms with Gasteiger partial charge < -0.3 is 4.90 Å². The topological polar surface area (TPSA) is 23.6 Å². The van der Waals surface area contributed by atoms with Crippen LogP contribution in [0.5, 0.6) is 0 Å². The quantitative estimate of drug-likeness (QED) is 0.671. The van der Waals surface area contributed by atoms with E-state index in [1.54, 1.807) is 11.3 Å². The second kappa shape index (κ2) is 8.34. The van der Waals surface area contributed by atoms with E-state index in [1.807, 2.05) is 11.4 Å². The third kappa shape index (κ3) is 4.56. The molecular weight excluding hydrogens is 385 g/mol. The molecule has 3 aliphatic rings. The Morgan fingerprint density at radius 1 is 1.04 bits per heavy atom. The number of carbonyl (C=O) groups excluding carboxylic acids is 1. The van der Waals surface area contributed by atoms with Crippen LogP contribution >= 0.6 is 11.3 Å². The van der Waals surface area contributed by atoms with Crippen molar-refractivity contribution in [3.8, 4) is 0 Å². The Morgan fingerprint density at radius 3 is 2.50 bits per heavy atom. The maximum Gasteiger partial charge on any atom is 0.401 e. The van der Waals surface area contributed by atoms with E-state index in [4.69, 9.17) is 0 Å². The predicted octanol–water partition coefficient (Wildman–Crippen LogP) is 5.28. The Bertz CT molecular complexity index is 679. The smallest absolute Gasteiger partial charge is 0.335 e. The van der Waals surface area contributed by atoms with E-state index in [0.29, 0.717) is 25.0 Å². The number of amides is 1. The normalized spacial score (nSPS) is 27.6. The summed E-state index contributed by atoms with van der Waals surface area (Å²) in [4.78, 5) is 17.9. The summed E-state index contributed by atoms with van der Waals surface area (Å²) in [5.41, 5.74) is 0.781. The molecule has 1 aromatic rings. The summed E-state index contributed by atoms with van der Waals surface area (Å²) < 4.78 is 37.7. The van der Waals surface area contributed by atoms with Gasteiger partial charge >= 0.3 is 6.18 Å². The van der Waals surface area contributed by atoms with Crippen LogP contribution in [0, 0.1) is 5.92 Å². The molecule has 1 amide bonds. The SMILES string of the molecule is O=C(c1csc(C2CCN(CC(F)(F)F)CC2)c1)N1CCC[C@H]2CCCC[C@H]21. The van der Waals surface area contributed by atoms with Crippen molar-refractivity contribution in [1.82, 2.24) is 9.80 Å². The van der Waals surface area contributed by atoms with Crippen molar-refractivity contribution < 1.29 is 18.0 Å². The molecule has 0 radical (unpaired) electrons. The maximum atomic E-state index is 13.2.